The van der Waals surface area contributed by atoms with Crippen LogP contribution in [-0.2, 0) is 0 Å². The zero-order valence-corrected chi connectivity index (χ0v) is 21.3. The highest BCUT2D eigenvalue weighted by atomic mass is 14.1. The van der Waals surface area contributed by atoms with Gasteiger partial charge in [0.2, 0.25) is 0 Å². The van der Waals surface area contributed by atoms with Crippen LogP contribution in [0.15, 0.2) is 182 Å². The third kappa shape index (κ3) is 6.43. The topological polar surface area (TPSA) is 0 Å². The zero-order valence-electron chi connectivity index (χ0n) is 21.3. The van der Waals surface area contributed by atoms with E-state index in [1.807, 2.05) is 0 Å². The lowest BCUT2D eigenvalue weighted by Gasteiger charge is -2.10. The Hall–Kier alpha value is -4.94. The van der Waals surface area contributed by atoms with Gasteiger partial charge in [0.15, 0.2) is 0 Å². The second-order valence-electron chi connectivity index (χ2n) is 8.97. The molecule has 0 fully saturated rings. The van der Waals surface area contributed by atoms with Crippen LogP contribution in [-0.4, -0.2) is 0 Å². The van der Waals surface area contributed by atoms with Crippen molar-refractivity contribution in [3.05, 3.63) is 204 Å². The third-order valence-corrected chi connectivity index (χ3v) is 6.41. The summed E-state index contributed by atoms with van der Waals surface area (Å²) in [6.07, 6.45) is 4.47. The van der Waals surface area contributed by atoms with Gasteiger partial charge in [-0.25, -0.2) is 0 Å². The number of fused-ring (bicyclic) bond motifs is 1. The van der Waals surface area contributed by atoms with Gasteiger partial charge < -0.3 is 0 Å². The van der Waals surface area contributed by atoms with Gasteiger partial charge in [0.25, 0.3) is 0 Å². The van der Waals surface area contributed by atoms with E-state index < -0.39 is 0 Å². The molecule has 0 bridgehead atoms. The molecule has 6 aromatic rings. The maximum absolute atomic E-state index is 2.24. The standard InChI is InChI=1S/C28H22.C10H8/c1-5-13-23(14-6-1)27(24-15-7-2-8-16-24)21-22-28(25-17-9-3-10-18-25)26-19-11-4-12-20-26;1-2-6-10-8-4-3-7-9(10)5-1/h1-22H;1-8H. The van der Waals surface area contributed by atoms with Crippen LogP contribution in [0.5, 0.6) is 0 Å². The van der Waals surface area contributed by atoms with Crippen molar-refractivity contribution in [2.45, 2.75) is 0 Å². The molecule has 0 aliphatic carbocycles. The maximum Gasteiger partial charge on any atom is -0.0111 e. The molecular weight excluding hydrogens is 456 g/mol. The molecule has 38 heavy (non-hydrogen) atoms. The first-order valence-electron chi connectivity index (χ1n) is 13.0. The molecule has 0 saturated heterocycles. The van der Waals surface area contributed by atoms with Crippen molar-refractivity contribution >= 4 is 21.9 Å². The van der Waals surface area contributed by atoms with Crippen LogP contribution in [0.25, 0.3) is 21.9 Å². The van der Waals surface area contributed by atoms with Crippen molar-refractivity contribution in [1.29, 1.82) is 0 Å². The smallest absolute Gasteiger partial charge is 0.0111 e. The lowest BCUT2D eigenvalue weighted by molar-refractivity contribution is 1.53. The summed E-state index contributed by atoms with van der Waals surface area (Å²) in [7, 11) is 0. The molecule has 0 amide bonds. The first kappa shape index (κ1) is 24.7. The summed E-state index contributed by atoms with van der Waals surface area (Å²) < 4.78 is 0. The fourth-order valence-corrected chi connectivity index (χ4v) is 4.49. The van der Waals surface area contributed by atoms with Crippen LogP contribution in [0.1, 0.15) is 22.3 Å². The zero-order chi connectivity index (χ0) is 25.8. The van der Waals surface area contributed by atoms with Gasteiger partial charge in [-0.15, -0.1) is 0 Å². The first-order valence-corrected chi connectivity index (χ1v) is 13.0. The number of hydrogen-bond acceptors (Lipinski definition) is 0. The largest absolute Gasteiger partial charge is 0.0622 e. The van der Waals surface area contributed by atoms with Crippen LogP contribution in [0.2, 0.25) is 0 Å². The number of hydrogen-bond donors (Lipinski definition) is 0. The summed E-state index contributed by atoms with van der Waals surface area (Å²) >= 11 is 0. The van der Waals surface area contributed by atoms with Gasteiger partial charge in [0, 0.05) is 0 Å². The van der Waals surface area contributed by atoms with Gasteiger partial charge in [0.05, 0.1) is 0 Å². The third-order valence-electron chi connectivity index (χ3n) is 6.41. The number of allylic oxidation sites excluding steroid dienone is 2. The van der Waals surface area contributed by atoms with Crippen LogP contribution in [0.3, 0.4) is 0 Å². The molecule has 0 saturated carbocycles. The van der Waals surface area contributed by atoms with E-state index in [1.165, 1.54) is 44.2 Å². The van der Waals surface area contributed by atoms with Crippen LogP contribution >= 0.6 is 0 Å². The van der Waals surface area contributed by atoms with Gasteiger partial charge in [-0.3, -0.25) is 0 Å². The van der Waals surface area contributed by atoms with Crippen molar-refractivity contribution in [3.63, 3.8) is 0 Å². The molecule has 0 nitrogen and oxygen atoms in total. The summed E-state index contributed by atoms with van der Waals surface area (Å²) in [5, 5.41) is 2.62. The summed E-state index contributed by atoms with van der Waals surface area (Å²) in [6.45, 7) is 0. The lowest BCUT2D eigenvalue weighted by Crippen LogP contribution is -1.89. The average molecular weight is 487 g/mol. The second kappa shape index (κ2) is 12.9. The van der Waals surface area contributed by atoms with Crippen molar-refractivity contribution in [3.8, 4) is 0 Å². The summed E-state index contributed by atoms with van der Waals surface area (Å²) in [5.74, 6) is 0. The Kier molecular flexibility index (Phi) is 8.37. The van der Waals surface area contributed by atoms with E-state index >= 15 is 0 Å². The molecule has 0 aliphatic rings. The highest BCUT2D eigenvalue weighted by Gasteiger charge is 2.06. The van der Waals surface area contributed by atoms with Gasteiger partial charge in [-0.1, -0.05) is 182 Å². The molecule has 0 aliphatic heterocycles. The molecular formula is C38H30. The molecule has 6 rings (SSSR count). The van der Waals surface area contributed by atoms with Gasteiger partial charge in [-0.2, -0.15) is 0 Å². The molecule has 0 aromatic heterocycles. The molecule has 0 heteroatoms. The van der Waals surface area contributed by atoms with Crippen molar-refractivity contribution < 1.29 is 0 Å². The predicted molar refractivity (Wildman–Crippen MR) is 164 cm³/mol. The van der Waals surface area contributed by atoms with E-state index in [2.05, 4.69) is 182 Å². The molecule has 6 aromatic carbocycles. The van der Waals surface area contributed by atoms with E-state index in [1.54, 1.807) is 0 Å². The van der Waals surface area contributed by atoms with E-state index in [0.717, 1.165) is 0 Å². The Bertz CT molecular complexity index is 1370. The van der Waals surface area contributed by atoms with E-state index in [-0.39, 0.29) is 0 Å². The minimum absolute atomic E-state index is 1.21. The van der Waals surface area contributed by atoms with E-state index in [9.17, 15) is 0 Å². The molecule has 0 atom stereocenters. The Balaban J connectivity index is 0.000000244. The molecule has 0 spiro atoms. The van der Waals surface area contributed by atoms with Crippen LogP contribution in [0.4, 0.5) is 0 Å². The van der Waals surface area contributed by atoms with Gasteiger partial charge in [0.1, 0.15) is 0 Å². The van der Waals surface area contributed by atoms with E-state index in [4.69, 9.17) is 0 Å². The minimum atomic E-state index is 1.21. The van der Waals surface area contributed by atoms with Crippen molar-refractivity contribution in [1.82, 2.24) is 0 Å². The quantitative estimate of drug-likeness (QED) is 0.213. The fourth-order valence-electron chi connectivity index (χ4n) is 4.49. The SMILES string of the molecule is C(C=C(c1ccccc1)c1ccccc1)=C(c1ccccc1)c1ccccc1.c1ccc2ccccc2c1. The monoisotopic (exact) mass is 486 g/mol. The molecule has 0 radical (unpaired) electrons. The van der Waals surface area contributed by atoms with E-state index in [0.29, 0.717) is 0 Å². The Morgan fingerprint density at radius 3 is 0.711 bits per heavy atom. The second-order valence-corrected chi connectivity index (χ2v) is 8.97. The summed E-state index contributed by atoms with van der Waals surface area (Å²) in [5.41, 5.74) is 7.28. The van der Waals surface area contributed by atoms with Crippen LogP contribution in [0, 0.1) is 0 Å². The van der Waals surface area contributed by atoms with Gasteiger partial charge >= 0.3 is 0 Å². The summed E-state index contributed by atoms with van der Waals surface area (Å²) in [6, 6.07) is 59.0. The molecule has 0 N–H and O–H groups in total. The number of rotatable bonds is 5. The number of benzene rings is 6. The molecule has 182 valence electrons. The van der Waals surface area contributed by atoms with Crippen molar-refractivity contribution in [2.24, 2.45) is 0 Å². The van der Waals surface area contributed by atoms with Crippen molar-refractivity contribution in [2.75, 3.05) is 0 Å². The maximum atomic E-state index is 2.24. The summed E-state index contributed by atoms with van der Waals surface area (Å²) in [4.78, 5) is 0. The van der Waals surface area contributed by atoms with Gasteiger partial charge in [-0.05, 0) is 44.2 Å². The highest BCUT2D eigenvalue weighted by molar-refractivity contribution is 5.86. The Labute approximate surface area is 225 Å². The normalized spacial score (nSPS) is 10.1. The molecule has 0 unspecified atom stereocenters. The Morgan fingerprint density at radius 2 is 0.474 bits per heavy atom. The predicted octanol–water partition coefficient (Wildman–Crippen LogP) is 10.1. The molecule has 0 heterocycles. The van der Waals surface area contributed by atoms with Crippen LogP contribution < -0.4 is 0 Å². The fraction of sp³-hybridized carbons (Fsp3) is 0. The Morgan fingerprint density at radius 1 is 0.263 bits per heavy atom. The first-order chi connectivity index (χ1) is 18.9. The minimum Gasteiger partial charge on any atom is -0.0622 e. The average Bonchev–Trinajstić information content (AvgIpc) is 3.01. The lowest BCUT2D eigenvalue weighted by atomic mass is 9.94. The highest BCUT2D eigenvalue weighted by Crippen LogP contribution is 2.27.